The summed E-state index contributed by atoms with van der Waals surface area (Å²) < 4.78 is 11.4. The van der Waals surface area contributed by atoms with Crippen LogP contribution in [0.3, 0.4) is 0 Å². The van der Waals surface area contributed by atoms with E-state index in [0.717, 1.165) is 24.8 Å². The van der Waals surface area contributed by atoms with Crippen LogP contribution in [0.2, 0.25) is 0 Å². The second-order valence-corrected chi connectivity index (χ2v) is 11.0. The van der Waals surface area contributed by atoms with E-state index in [-0.39, 0.29) is 23.8 Å². The lowest BCUT2D eigenvalue weighted by Gasteiger charge is -2.44. The highest BCUT2D eigenvalue weighted by Crippen LogP contribution is 2.52. The van der Waals surface area contributed by atoms with Gasteiger partial charge < -0.3 is 19.7 Å². The Balaban J connectivity index is 1.59. The second-order valence-electron chi connectivity index (χ2n) is 10.3. The second kappa shape index (κ2) is 9.76. The summed E-state index contributed by atoms with van der Waals surface area (Å²) >= 11 is 3.39. The number of alkyl carbamates (subject to hydrolysis) is 1. The fraction of sp³-hybridized carbons (Fsp3) is 0.538. The van der Waals surface area contributed by atoms with Crippen LogP contribution in [0.5, 0.6) is 0 Å². The number of halogens is 1. The molecule has 1 N–H and O–H groups in total. The highest BCUT2D eigenvalue weighted by atomic mass is 79.9. The minimum atomic E-state index is -0.569. The lowest BCUT2D eigenvalue weighted by Crippen LogP contribution is -2.48. The van der Waals surface area contributed by atoms with Gasteiger partial charge >= 0.3 is 12.1 Å². The molecular formula is C26H33BrN4O4. The number of nitrogens with one attached hydrogen (secondary N) is 1. The fourth-order valence-corrected chi connectivity index (χ4v) is 5.38. The Morgan fingerprint density at radius 3 is 2.54 bits per heavy atom. The molecule has 1 aliphatic heterocycles. The highest BCUT2D eigenvalue weighted by molar-refractivity contribution is 9.10. The molecular weight excluding hydrogens is 512 g/mol. The SMILES string of the molecule is CCOC(=O)c1nc(Br)c(C)nc1N1CCC2(CC1)Cc1ccccc1[C@H]2NC(=O)OC(C)(C)C. The number of rotatable bonds is 4. The maximum atomic E-state index is 12.8. The number of carbonyl (C=O) groups is 2. The molecule has 0 saturated carbocycles. The van der Waals surface area contributed by atoms with Crippen LogP contribution in [0.4, 0.5) is 10.6 Å². The average molecular weight is 545 g/mol. The van der Waals surface area contributed by atoms with Gasteiger partial charge in [0.15, 0.2) is 11.5 Å². The molecule has 9 heteroatoms. The van der Waals surface area contributed by atoms with Gasteiger partial charge in [-0.2, -0.15) is 0 Å². The van der Waals surface area contributed by atoms with Crippen molar-refractivity contribution >= 4 is 33.8 Å². The highest BCUT2D eigenvalue weighted by Gasteiger charge is 2.49. The number of piperidine rings is 1. The maximum absolute atomic E-state index is 12.8. The third-order valence-corrected chi connectivity index (χ3v) is 7.45. The van der Waals surface area contributed by atoms with Crippen LogP contribution in [-0.4, -0.2) is 47.3 Å². The number of anilines is 1. The number of benzene rings is 1. The van der Waals surface area contributed by atoms with E-state index in [1.165, 1.54) is 5.56 Å². The Kier molecular flexibility index (Phi) is 7.09. The van der Waals surface area contributed by atoms with Crippen LogP contribution in [0, 0.1) is 12.3 Å². The van der Waals surface area contributed by atoms with Crippen molar-refractivity contribution in [3.05, 3.63) is 51.4 Å². The maximum Gasteiger partial charge on any atom is 0.408 e. The van der Waals surface area contributed by atoms with Crippen LogP contribution < -0.4 is 10.2 Å². The summed E-state index contributed by atoms with van der Waals surface area (Å²) in [6.07, 6.45) is 2.12. The van der Waals surface area contributed by atoms with Gasteiger partial charge in [0.1, 0.15) is 10.2 Å². The number of fused-ring (bicyclic) bond motifs is 1. The largest absolute Gasteiger partial charge is 0.461 e. The number of amides is 1. The van der Waals surface area contributed by atoms with Gasteiger partial charge in [0.2, 0.25) is 0 Å². The van der Waals surface area contributed by atoms with E-state index in [1.54, 1.807) is 6.92 Å². The molecule has 1 atom stereocenters. The molecule has 1 spiro atoms. The van der Waals surface area contributed by atoms with E-state index in [9.17, 15) is 9.59 Å². The minimum absolute atomic E-state index is 0.140. The molecule has 0 unspecified atom stereocenters. The van der Waals surface area contributed by atoms with Crippen molar-refractivity contribution in [3.8, 4) is 0 Å². The molecule has 1 aromatic carbocycles. The smallest absolute Gasteiger partial charge is 0.408 e. The molecule has 8 nitrogen and oxygen atoms in total. The zero-order valence-corrected chi connectivity index (χ0v) is 22.6. The summed E-state index contributed by atoms with van der Waals surface area (Å²) in [5.74, 6) is 0.0693. The van der Waals surface area contributed by atoms with Crippen molar-refractivity contribution in [2.45, 2.75) is 65.5 Å². The summed E-state index contributed by atoms with van der Waals surface area (Å²) in [4.78, 5) is 36.6. The van der Waals surface area contributed by atoms with Gasteiger partial charge in [-0.1, -0.05) is 24.3 Å². The zero-order valence-electron chi connectivity index (χ0n) is 21.0. The predicted octanol–water partition coefficient (Wildman–Crippen LogP) is 5.13. The van der Waals surface area contributed by atoms with Crippen molar-refractivity contribution in [1.82, 2.24) is 15.3 Å². The molecule has 2 heterocycles. The van der Waals surface area contributed by atoms with Gasteiger partial charge in [0.25, 0.3) is 0 Å². The lowest BCUT2D eigenvalue weighted by molar-refractivity contribution is 0.0425. The van der Waals surface area contributed by atoms with Crippen LogP contribution in [-0.2, 0) is 15.9 Å². The Hall–Kier alpha value is -2.68. The van der Waals surface area contributed by atoms with E-state index >= 15 is 0 Å². The first-order valence-corrected chi connectivity index (χ1v) is 12.9. The molecule has 1 aliphatic carbocycles. The molecule has 188 valence electrons. The van der Waals surface area contributed by atoms with Gasteiger partial charge in [-0.25, -0.2) is 19.6 Å². The Morgan fingerprint density at radius 2 is 1.89 bits per heavy atom. The van der Waals surface area contributed by atoms with E-state index in [2.05, 4.69) is 48.2 Å². The summed E-state index contributed by atoms with van der Waals surface area (Å²) in [5, 5.41) is 3.18. The summed E-state index contributed by atoms with van der Waals surface area (Å²) in [6.45, 7) is 10.9. The monoisotopic (exact) mass is 544 g/mol. The van der Waals surface area contributed by atoms with E-state index in [4.69, 9.17) is 9.47 Å². The van der Waals surface area contributed by atoms with Gasteiger partial charge in [0.05, 0.1) is 18.3 Å². The fourth-order valence-electron chi connectivity index (χ4n) is 5.12. The van der Waals surface area contributed by atoms with Crippen LogP contribution in [0.1, 0.15) is 73.9 Å². The molecule has 35 heavy (non-hydrogen) atoms. The number of nitrogens with zero attached hydrogens (tertiary/aromatic N) is 3. The Labute approximate surface area is 214 Å². The number of ether oxygens (including phenoxy) is 2. The van der Waals surface area contributed by atoms with Crippen molar-refractivity contribution in [2.24, 2.45) is 5.41 Å². The summed E-state index contributed by atoms with van der Waals surface area (Å²) in [5.41, 5.74) is 2.63. The number of aromatic nitrogens is 2. The minimum Gasteiger partial charge on any atom is -0.461 e. The van der Waals surface area contributed by atoms with Crippen LogP contribution >= 0.6 is 15.9 Å². The summed E-state index contributed by atoms with van der Waals surface area (Å²) in [7, 11) is 0. The van der Waals surface area contributed by atoms with Crippen LogP contribution in [0.25, 0.3) is 0 Å². The average Bonchev–Trinajstić information content (AvgIpc) is 3.07. The number of aryl methyl sites for hydroxylation is 1. The first-order valence-electron chi connectivity index (χ1n) is 12.1. The number of esters is 1. The van der Waals surface area contributed by atoms with Gasteiger partial charge in [0, 0.05) is 18.5 Å². The van der Waals surface area contributed by atoms with Gasteiger partial charge in [-0.3, -0.25) is 0 Å². The molecule has 0 bridgehead atoms. The Bertz CT molecular complexity index is 1120. The van der Waals surface area contributed by atoms with Crippen molar-refractivity contribution < 1.29 is 19.1 Å². The number of carbonyl (C=O) groups excluding carboxylic acids is 2. The van der Waals surface area contributed by atoms with Gasteiger partial charge in [-0.05, 0) is 80.9 Å². The molecule has 1 saturated heterocycles. The number of hydrogen-bond acceptors (Lipinski definition) is 7. The first kappa shape index (κ1) is 25.4. The third kappa shape index (κ3) is 5.29. The molecule has 0 radical (unpaired) electrons. The predicted molar refractivity (Wildman–Crippen MR) is 137 cm³/mol. The molecule has 1 aromatic heterocycles. The van der Waals surface area contributed by atoms with Crippen molar-refractivity contribution in [1.29, 1.82) is 0 Å². The van der Waals surface area contributed by atoms with Crippen molar-refractivity contribution in [2.75, 3.05) is 24.6 Å². The normalized spacial score (nSPS) is 18.8. The molecule has 4 rings (SSSR count). The lowest BCUT2D eigenvalue weighted by atomic mass is 9.72. The molecule has 1 fully saturated rings. The van der Waals surface area contributed by atoms with Crippen molar-refractivity contribution in [3.63, 3.8) is 0 Å². The quantitative estimate of drug-likeness (QED) is 0.533. The number of hydrogen-bond donors (Lipinski definition) is 1. The van der Waals surface area contributed by atoms with E-state index in [0.29, 0.717) is 29.2 Å². The third-order valence-electron chi connectivity index (χ3n) is 6.70. The molecule has 2 aliphatic rings. The molecule has 1 amide bonds. The van der Waals surface area contributed by atoms with Crippen LogP contribution in [0.15, 0.2) is 28.9 Å². The summed E-state index contributed by atoms with van der Waals surface area (Å²) in [6, 6.07) is 8.16. The standard InChI is InChI=1S/C26H33BrN4O4/c1-6-34-23(32)19-22(28-16(2)21(27)29-19)31-13-11-26(12-14-31)15-17-9-7-8-10-18(17)20(26)30-24(33)35-25(3,4)5/h7-10,20H,6,11-15H2,1-5H3,(H,30,33)/t20-/m1/s1. The van der Waals surface area contributed by atoms with E-state index in [1.807, 2.05) is 39.8 Å². The first-order chi connectivity index (χ1) is 16.5. The Morgan fingerprint density at radius 1 is 1.20 bits per heavy atom. The zero-order chi connectivity index (χ0) is 25.4. The topological polar surface area (TPSA) is 93.6 Å². The van der Waals surface area contributed by atoms with Gasteiger partial charge in [-0.15, -0.1) is 0 Å². The molecule has 2 aromatic rings. The van der Waals surface area contributed by atoms with E-state index < -0.39 is 17.7 Å².